The van der Waals surface area contributed by atoms with Gasteiger partial charge in [-0.2, -0.15) is 11.8 Å². The van der Waals surface area contributed by atoms with Gasteiger partial charge >= 0.3 is 6.03 Å². The standard InChI is InChI=1S/C16H23FN2O3S/c1-11-9-15(22-2)13(17)10-14(11)18-16(21)19(5-6-20)12-3-7-23-8-4-12/h9-10,12,20H,3-8H2,1-2H3,(H,18,21). The molecule has 2 rings (SSSR count). The normalized spacial score (nSPS) is 15.3. The Labute approximate surface area is 140 Å². The number of rotatable bonds is 5. The Balaban J connectivity index is 2.13. The summed E-state index contributed by atoms with van der Waals surface area (Å²) in [7, 11) is 1.40. The Hall–Kier alpha value is -1.47. The Kier molecular flexibility index (Phi) is 6.53. The topological polar surface area (TPSA) is 61.8 Å². The molecule has 2 N–H and O–H groups in total. The van der Waals surface area contributed by atoms with Crippen LogP contribution in [0, 0.1) is 12.7 Å². The van der Waals surface area contributed by atoms with Gasteiger partial charge in [-0.05, 0) is 42.9 Å². The van der Waals surface area contributed by atoms with E-state index in [1.807, 2.05) is 11.8 Å². The van der Waals surface area contributed by atoms with Crippen molar-refractivity contribution in [2.24, 2.45) is 0 Å². The van der Waals surface area contributed by atoms with Gasteiger partial charge in [-0.25, -0.2) is 9.18 Å². The summed E-state index contributed by atoms with van der Waals surface area (Å²) in [4.78, 5) is 14.2. The van der Waals surface area contributed by atoms with Crippen LogP contribution in [0.3, 0.4) is 0 Å². The summed E-state index contributed by atoms with van der Waals surface area (Å²) in [6, 6.07) is 2.63. The molecule has 0 atom stereocenters. The maximum atomic E-state index is 13.9. The molecule has 1 saturated heterocycles. The van der Waals surface area contributed by atoms with Crippen LogP contribution in [0.2, 0.25) is 0 Å². The van der Waals surface area contributed by atoms with Gasteiger partial charge in [0.1, 0.15) is 0 Å². The number of carbonyl (C=O) groups excluding carboxylic acids is 1. The van der Waals surface area contributed by atoms with Gasteiger partial charge in [0, 0.05) is 24.3 Å². The number of urea groups is 1. The van der Waals surface area contributed by atoms with Crippen LogP contribution in [0.1, 0.15) is 18.4 Å². The molecule has 128 valence electrons. The molecule has 1 aliphatic rings. The Bertz CT molecular complexity index is 550. The van der Waals surface area contributed by atoms with Gasteiger partial charge in [0.05, 0.1) is 13.7 Å². The lowest BCUT2D eigenvalue weighted by Gasteiger charge is -2.34. The van der Waals surface area contributed by atoms with Crippen LogP contribution in [-0.4, -0.2) is 53.8 Å². The number of benzene rings is 1. The van der Waals surface area contributed by atoms with Crippen molar-refractivity contribution in [3.63, 3.8) is 0 Å². The quantitative estimate of drug-likeness (QED) is 0.864. The minimum atomic E-state index is -0.517. The van der Waals surface area contributed by atoms with Gasteiger partial charge in [0.15, 0.2) is 11.6 Å². The van der Waals surface area contributed by atoms with Crippen molar-refractivity contribution in [3.8, 4) is 5.75 Å². The van der Waals surface area contributed by atoms with E-state index < -0.39 is 5.82 Å². The number of nitrogens with zero attached hydrogens (tertiary/aromatic N) is 1. The van der Waals surface area contributed by atoms with E-state index in [9.17, 15) is 14.3 Å². The molecular weight excluding hydrogens is 319 g/mol. The average Bonchev–Trinajstić information content (AvgIpc) is 2.56. The zero-order valence-corrected chi connectivity index (χ0v) is 14.3. The number of halogens is 1. The maximum absolute atomic E-state index is 13.9. The number of thioether (sulfide) groups is 1. The lowest BCUT2D eigenvalue weighted by Crippen LogP contribution is -2.46. The predicted molar refractivity (Wildman–Crippen MR) is 90.8 cm³/mol. The lowest BCUT2D eigenvalue weighted by atomic mass is 10.1. The minimum absolute atomic E-state index is 0.0903. The lowest BCUT2D eigenvalue weighted by molar-refractivity contribution is 0.158. The van der Waals surface area contributed by atoms with E-state index in [1.54, 1.807) is 17.9 Å². The van der Waals surface area contributed by atoms with Crippen LogP contribution in [0.5, 0.6) is 5.75 Å². The number of hydrogen-bond donors (Lipinski definition) is 2. The molecule has 0 aliphatic carbocycles. The number of aliphatic hydroxyl groups excluding tert-OH is 1. The zero-order valence-electron chi connectivity index (χ0n) is 13.5. The number of anilines is 1. The van der Waals surface area contributed by atoms with E-state index >= 15 is 0 Å². The predicted octanol–water partition coefficient (Wildman–Crippen LogP) is 2.86. The summed E-state index contributed by atoms with van der Waals surface area (Å²) in [5.41, 5.74) is 1.14. The first-order valence-corrected chi connectivity index (χ1v) is 8.82. The Morgan fingerprint density at radius 1 is 1.48 bits per heavy atom. The second kappa shape index (κ2) is 8.40. The van der Waals surface area contributed by atoms with Crippen molar-refractivity contribution in [1.82, 2.24) is 4.90 Å². The fraction of sp³-hybridized carbons (Fsp3) is 0.562. The highest BCUT2D eigenvalue weighted by atomic mass is 32.2. The van der Waals surface area contributed by atoms with E-state index in [0.29, 0.717) is 5.69 Å². The molecule has 0 radical (unpaired) electrons. The van der Waals surface area contributed by atoms with Gasteiger partial charge in [-0.3, -0.25) is 0 Å². The molecule has 5 nitrogen and oxygen atoms in total. The number of hydrogen-bond acceptors (Lipinski definition) is 4. The number of methoxy groups -OCH3 is 1. The van der Waals surface area contributed by atoms with Crippen molar-refractivity contribution < 1.29 is 19.0 Å². The van der Waals surface area contributed by atoms with Gasteiger partial charge < -0.3 is 20.1 Å². The highest BCUT2D eigenvalue weighted by Gasteiger charge is 2.25. The van der Waals surface area contributed by atoms with Crippen molar-refractivity contribution in [2.45, 2.75) is 25.8 Å². The van der Waals surface area contributed by atoms with Crippen LogP contribution >= 0.6 is 11.8 Å². The molecule has 1 aromatic carbocycles. The van der Waals surface area contributed by atoms with Gasteiger partial charge in [-0.15, -0.1) is 0 Å². The Morgan fingerprint density at radius 3 is 2.78 bits per heavy atom. The smallest absolute Gasteiger partial charge is 0.322 e. The monoisotopic (exact) mass is 342 g/mol. The number of nitrogens with one attached hydrogen (secondary N) is 1. The molecule has 0 saturated carbocycles. The molecule has 0 unspecified atom stereocenters. The first kappa shape index (κ1) is 17.9. The van der Waals surface area contributed by atoms with Crippen LogP contribution in [0.4, 0.5) is 14.9 Å². The molecule has 0 spiro atoms. The highest BCUT2D eigenvalue weighted by molar-refractivity contribution is 7.99. The van der Waals surface area contributed by atoms with Gasteiger partial charge in [-0.1, -0.05) is 0 Å². The zero-order chi connectivity index (χ0) is 16.8. The van der Waals surface area contributed by atoms with Crippen molar-refractivity contribution in [3.05, 3.63) is 23.5 Å². The Morgan fingerprint density at radius 2 is 2.17 bits per heavy atom. The summed E-state index contributed by atoms with van der Waals surface area (Å²) in [6.45, 7) is 1.97. The third-order valence-corrected chi connectivity index (χ3v) is 5.02. The fourth-order valence-corrected chi connectivity index (χ4v) is 3.77. The molecule has 1 heterocycles. The third kappa shape index (κ3) is 4.51. The van der Waals surface area contributed by atoms with Gasteiger partial charge in [0.25, 0.3) is 0 Å². The van der Waals surface area contributed by atoms with E-state index in [0.717, 1.165) is 29.9 Å². The molecule has 7 heteroatoms. The van der Waals surface area contributed by atoms with Crippen molar-refractivity contribution in [1.29, 1.82) is 0 Å². The summed E-state index contributed by atoms with van der Waals surface area (Å²) in [5, 5.41) is 12.0. The summed E-state index contributed by atoms with van der Waals surface area (Å²) in [6.07, 6.45) is 1.82. The van der Waals surface area contributed by atoms with E-state index in [-0.39, 0.29) is 31.0 Å². The number of aryl methyl sites for hydroxylation is 1. The van der Waals surface area contributed by atoms with Crippen LogP contribution < -0.4 is 10.1 Å². The number of aliphatic hydroxyl groups is 1. The number of amides is 2. The first-order chi connectivity index (χ1) is 11.1. The SMILES string of the molecule is COc1cc(C)c(NC(=O)N(CCO)C2CCSCC2)cc1F. The second-order valence-electron chi connectivity index (χ2n) is 5.49. The summed E-state index contributed by atoms with van der Waals surface area (Å²) < 4.78 is 18.8. The molecule has 1 aliphatic heterocycles. The largest absolute Gasteiger partial charge is 0.494 e. The van der Waals surface area contributed by atoms with Crippen LogP contribution in [0.15, 0.2) is 12.1 Å². The second-order valence-corrected chi connectivity index (χ2v) is 6.72. The van der Waals surface area contributed by atoms with Crippen LogP contribution in [-0.2, 0) is 0 Å². The van der Waals surface area contributed by atoms with E-state index in [1.165, 1.54) is 13.2 Å². The highest BCUT2D eigenvalue weighted by Crippen LogP contribution is 2.27. The molecule has 0 aromatic heterocycles. The minimum Gasteiger partial charge on any atom is -0.494 e. The van der Waals surface area contributed by atoms with E-state index in [2.05, 4.69) is 5.32 Å². The van der Waals surface area contributed by atoms with Gasteiger partial charge in [0.2, 0.25) is 0 Å². The molecule has 1 aromatic rings. The average molecular weight is 342 g/mol. The van der Waals surface area contributed by atoms with Crippen LogP contribution in [0.25, 0.3) is 0 Å². The van der Waals surface area contributed by atoms with Crippen molar-refractivity contribution in [2.75, 3.05) is 37.1 Å². The first-order valence-electron chi connectivity index (χ1n) is 7.67. The summed E-state index contributed by atoms with van der Waals surface area (Å²) in [5.74, 6) is 1.65. The number of ether oxygens (including phenoxy) is 1. The molecular formula is C16H23FN2O3S. The molecule has 1 fully saturated rings. The maximum Gasteiger partial charge on any atom is 0.322 e. The number of carbonyl (C=O) groups is 1. The third-order valence-electron chi connectivity index (χ3n) is 3.97. The summed E-state index contributed by atoms with van der Waals surface area (Å²) >= 11 is 1.87. The molecule has 23 heavy (non-hydrogen) atoms. The fourth-order valence-electron chi connectivity index (χ4n) is 2.69. The molecule has 2 amide bonds. The van der Waals surface area contributed by atoms with E-state index in [4.69, 9.17) is 4.74 Å². The molecule has 0 bridgehead atoms. The van der Waals surface area contributed by atoms with Crippen molar-refractivity contribution >= 4 is 23.5 Å².